The van der Waals surface area contributed by atoms with Crippen molar-refractivity contribution >= 4 is 17.6 Å². The predicted octanol–water partition coefficient (Wildman–Crippen LogP) is 3.93. The van der Waals surface area contributed by atoms with Gasteiger partial charge in [-0.05, 0) is 29.8 Å². The summed E-state index contributed by atoms with van der Waals surface area (Å²) in [6.07, 6.45) is -3.35. The van der Waals surface area contributed by atoms with Gasteiger partial charge in [0.15, 0.2) is 0 Å². The molecule has 0 saturated carbocycles. The van der Waals surface area contributed by atoms with E-state index in [0.29, 0.717) is 17.2 Å². The van der Waals surface area contributed by atoms with E-state index < -0.39 is 22.4 Å². The Kier molecular flexibility index (Phi) is 4.79. The van der Waals surface area contributed by atoms with Crippen LogP contribution in [0.25, 0.3) is 0 Å². The first-order chi connectivity index (χ1) is 11.3. The molecule has 0 bridgehead atoms. The zero-order valence-electron chi connectivity index (χ0n) is 11.9. The highest BCUT2D eigenvalue weighted by Crippen LogP contribution is 2.34. The number of hydrazone groups is 1. The Hall–Kier alpha value is -3.41. The third-order valence-corrected chi connectivity index (χ3v) is 2.96. The van der Waals surface area contributed by atoms with E-state index in [2.05, 4.69) is 10.5 Å². The molecule has 1 N–H and O–H groups in total. The highest BCUT2D eigenvalue weighted by molar-refractivity contribution is 5.80. The maximum Gasteiger partial charge on any atom is 0.416 e. The number of halogens is 3. The van der Waals surface area contributed by atoms with Gasteiger partial charge >= 0.3 is 6.18 Å². The monoisotopic (exact) mass is 334 g/mol. The van der Waals surface area contributed by atoms with Gasteiger partial charge in [0.1, 0.15) is 5.69 Å². The second kappa shape index (κ2) is 6.78. The largest absolute Gasteiger partial charge is 0.416 e. The van der Waals surface area contributed by atoms with Crippen LogP contribution in [0, 0.1) is 21.4 Å². The molecule has 0 atom stereocenters. The van der Waals surface area contributed by atoms with Crippen LogP contribution in [0.3, 0.4) is 0 Å². The molecule has 0 aliphatic heterocycles. The van der Waals surface area contributed by atoms with Crippen LogP contribution in [-0.4, -0.2) is 11.1 Å². The van der Waals surface area contributed by atoms with Crippen molar-refractivity contribution in [3.05, 3.63) is 69.3 Å². The molecule has 24 heavy (non-hydrogen) atoms. The summed E-state index contributed by atoms with van der Waals surface area (Å²) in [4.78, 5) is 10.00. The fraction of sp³-hybridized carbons (Fsp3) is 0.0667. The molecule has 0 aliphatic rings. The van der Waals surface area contributed by atoms with Gasteiger partial charge in [0.05, 0.1) is 28.3 Å². The molecule has 0 radical (unpaired) electrons. The first-order valence-electron chi connectivity index (χ1n) is 6.46. The first-order valence-corrected chi connectivity index (χ1v) is 6.46. The van der Waals surface area contributed by atoms with Gasteiger partial charge in [-0.25, -0.2) is 0 Å². The SMILES string of the molecule is N#Cc1ccc(/C=N/Nc2ccc(C(F)(F)F)cc2[N+](=O)[O-])cc1. The second-order valence-electron chi connectivity index (χ2n) is 4.59. The summed E-state index contributed by atoms with van der Waals surface area (Å²) in [5.41, 5.74) is 1.39. The van der Waals surface area contributed by atoms with Crippen molar-refractivity contribution in [3.63, 3.8) is 0 Å². The Morgan fingerprint density at radius 1 is 1.21 bits per heavy atom. The highest BCUT2D eigenvalue weighted by atomic mass is 19.4. The number of nitrogens with zero attached hydrogens (tertiary/aromatic N) is 3. The lowest BCUT2D eigenvalue weighted by molar-refractivity contribution is -0.384. The normalized spacial score (nSPS) is 11.2. The minimum atomic E-state index is -4.67. The highest BCUT2D eigenvalue weighted by Gasteiger charge is 2.33. The van der Waals surface area contributed by atoms with Crippen molar-refractivity contribution in [2.24, 2.45) is 5.10 Å². The van der Waals surface area contributed by atoms with Crippen LogP contribution < -0.4 is 5.43 Å². The van der Waals surface area contributed by atoms with Crippen LogP contribution >= 0.6 is 0 Å². The van der Waals surface area contributed by atoms with Crippen molar-refractivity contribution in [2.45, 2.75) is 6.18 Å². The average molecular weight is 334 g/mol. The van der Waals surface area contributed by atoms with E-state index in [1.165, 1.54) is 6.21 Å². The minimum Gasteiger partial charge on any atom is -0.272 e. The zero-order chi connectivity index (χ0) is 17.7. The molecule has 2 aromatic carbocycles. The van der Waals surface area contributed by atoms with Crippen LogP contribution in [0.15, 0.2) is 47.6 Å². The van der Waals surface area contributed by atoms with Gasteiger partial charge < -0.3 is 0 Å². The molecule has 122 valence electrons. The van der Waals surface area contributed by atoms with Crippen LogP contribution in [0.5, 0.6) is 0 Å². The van der Waals surface area contributed by atoms with Crippen LogP contribution in [0.4, 0.5) is 24.5 Å². The maximum absolute atomic E-state index is 12.6. The summed E-state index contributed by atoms with van der Waals surface area (Å²) in [6.45, 7) is 0. The topological polar surface area (TPSA) is 91.3 Å². The summed E-state index contributed by atoms with van der Waals surface area (Å²) < 4.78 is 37.8. The van der Waals surface area contributed by atoms with E-state index in [0.717, 1.165) is 12.1 Å². The Balaban J connectivity index is 2.21. The van der Waals surface area contributed by atoms with Crippen LogP contribution in [0.2, 0.25) is 0 Å². The summed E-state index contributed by atoms with van der Waals surface area (Å²) in [5.74, 6) is 0. The number of hydrogen-bond acceptors (Lipinski definition) is 5. The van der Waals surface area contributed by atoms with Crippen molar-refractivity contribution in [1.29, 1.82) is 5.26 Å². The average Bonchev–Trinajstić information content (AvgIpc) is 2.54. The maximum atomic E-state index is 12.6. The van der Waals surface area contributed by atoms with E-state index in [4.69, 9.17) is 5.26 Å². The molecule has 6 nitrogen and oxygen atoms in total. The number of benzene rings is 2. The summed E-state index contributed by atoms with van der Waals surface area (Å²) >= 11 is 0. The van der Waals surface area contributed by atoms with E-state index in [1.807, 2.05) is 6.07 Å². The number of rotatable bonds is 4. The van der Waals surface area contributed by atoms with Crippen LogP contribution in [-0.2, 0) is 6.18 Å². The lowest BCUT2D eigenvalue weighted by Gasteiger charge is -2.08. The molecular formula is C15H9F3N4O2. The molecule has 0 spiro atoms. The molecule has 0 amide bonds. The number of alkyl halides is 3. The Labute approximate surface area is 134 Å². The van der Waals surface area contributed by atoms with E-state index in [1.54, 1.807) is 24.3 Å². The number of anilines is 1. The molecule has 0 fully saturated rings. The zero-order valence-corrected chi connectivity index (χ0v) is 11.9. The van der Waals surface area contributed by atoms with Crippen molar-refractivity contribution < 1.29 is 18.1 Å². The van der Waals surface area contributed by atoms with Gasteiger partial charge in [-0.1, -0.05) is 12.1 Å². The van der Waals surface area contributed by atoms with Gasteiger partial charge in [0.2, 0.25) is 0 Å². The van der Waals surface area contributed by atoms with Gasteiger partial charge in [-0.2, -0.15) is 23.5 Å². The number of nitro groups is 1. The molecule has 0 aliphatic carbocycles. The molecule has 0 aromatic heterocycles. The van der Waals surface area contributed by atoms with E-state index in [9.17, 15) is 23.3 Å². The molecule has 0 heterocycles. The smallest absolute Gasteiger partial charge is 0.272 e. The Bertz CT molecular complexity index is 824. The molecule has 0 unspecified atom stereocenters. The summed E-state index contributed by atoms with van der Waals surface area (Å²) in [6, 6.07) is 10.4. The van der Waals surface area contributed by atoms with Crippen LogP contribution in [0.1, 0.15) is 16.7 Å². The molecule has 9 heteroatoms. The first kappa shape index (κ1) is 17.0. The van der Waals surface area contributed by atoms with Gasteiger partial charge in [-0.15, -0.1) is 0 Å². The quantitative estimate of drug-likeness (QED) is 0.521. The van der Waals surface area contributed by atoms with E-state index >= 15 is 0 Å². The Morgan fingerprint density at radius 2 is 1.88 bits per heavy atom. The van der Waals surface area contributed by atoms with Gasteiger partial charge in [0.25, 0.3) is 5.69 Å². The summed E-state index contributed by atoms with van der Waals surface area (Å²) in [5, 5.41) is 23.4. The lowest BCUT2D eigenvalue weighted by Crippen LogP contribution is -2.06. The number of nitro benzene ring substituents is 1. The third-order valence-electron chi connectivity index (χ3n) is 2.96. The summed E-state index contributed by atoms with van der Waals surface area (Å²) in [7, 11) is 0. The van der Waals surface area contributed by atoms with Crippen molar-refractivity contribution in [1.82, 2.24) is 0 Å². The third kappa shape index (κ3) is 4.07. The van der Waals surface area contributed by atoms with Crippen molar-refractivity contribution in [3.8, 4) is 6.07 Å². The number of nitriles is 1. The number of hydrogen-bond donors (Lipinski definition) is 1. The van der Waals surface area contributed by atoms with Gasteiger partial charge in [-0.3, -0.25) is 15.5 Å². The minimum absolute atomic E-state index is 0.169. The predicted molar refractivity (Wildman–Crippen MR) is 80.5 cm³/mol. The molecule has 0 saturated heterocycles. The fourth-order valence-corrected chi connectivity index (χ4v) is 1.77. The Morgan fingerprint density at radius 3 is 2.42 bits per heavy atom. The molecule has 2 aromatic rings. The standard InChI is InChI=1S/C15H9F3N4O2/c16-15(17,18)12-5-6-13(14(7-12)22(23)24)21-20-9-11-3-1-10(8-19)2-4-11/h1-7,9,21H/b20-9+. The molecule has 2 rings (SSSR count). The van der Waals surface area contributed by atoms with Crippen molar-refractivity contribution in [2.75, 3.05) is 5.43 Å². The van der Waals surface area contributed by atoms with E-state index in [-0.39, 0.29) is 5.69 Å². The fourth-order valence-electron chi connectivity index (χ4n) is 1.77. The number of nitrogens with one attached hydrogen (secondary N) is 1. The molecular weight excluding hydrogens is 325 g/mol. The lowest BCUT2D eigenvalue weighted by atomic mass is 10.1. The second-order valence-corrected chi connectivity index (χ2v) is 4.59. The van der Waals surface area contributed by atoms with Gasteiger partial charge in [0, 0.05) is 6.07 Å².